The van der Waals surface area contributed by atoms with Gasteiger partial charge < -0.3 is 4.74 Å². The van der Waals surface area contributed by atoms with Crippen LogP contribution in [0.25, 0.3) is 0 Å². The molecule has 0 radical (unpaired) electrons. The molecule has 98 valence electrons. The van der Waals surface area contributed by atoms with Gasteiger partial charge in [-0.3, -0.25) is 0 Å². The number of rotatable bonds is 3. The van der Waals surface area contributed by atoms with Crippen molar-refractivity contribution in [1.82, 2.24) is 0 Å². The molecule has 2 rings (SSSR count). The van der Waals surface area contributed by atoms with Crippen LogP contribution in [0.5, 0.6) is 5.75 Å². The van der Waals surface area contributed by atoms with E-state index in [1.165, 1.54) is 18.2 Å². The Morgan fingerprint density at radius 1 is 1.10 bits per heavy atom. The number of nitrogens with zero attached hydrogens (tertiary/aromatic N) is 2. The van der Waals surface area contributed by atoms with Crippen LogP contribution in [0.4, 0.5) is 4.39 Å². The Hall–Kier alpha value is -2.56. The molecule has 0 fully saturated rings. The number of hydrogen-bond acceptors (Lipinski definition) is 3. The van der Waals surface area contributed by atoms with Gasteiger partial charge in [-0.1, -0.05) is 11.6 Å². The van der Waals surface area contributed by atoms with Crippen molar-refractivity contribution < 1.29 is 9.13 Å². The zero-order chi connectivity index (χ0) is 14.5. The van der Waals surface area contributed by atoms with Gasteiger partial charge in [0.05, 0.1) is 17.2 Å². The third-order valence-corrected chi connectivity index (χ3v) is 2.78. The van der Waals surface area contributed by atoms with E-state index in [1.54, 1.807) is 12.1 Å². The number of benzene rings is 2. The molecule has 0 saturated carbocycles. The lowest BCUT2D eigenvalue weighted by Gasteiger charge is -2.08. The van der Waals surface area contributed by atoms with Gasteiger partial charge >= 0.3 is 0 Å². The number of hydrogen-bond donors (Lipinski definition) is 0. The maximum absolute atomic E-state index is 13.3. The molecule has 3 nitrogen and oxygen atoms in total. The second-order valence-corrected chi connectivity index (χ2v) is 4.44. The monoisotopic (exact) mass is 286 g/mol. The van der Waals surface area contributed by atoms with Gasteiger partial charge in [0, 0.05) is 11.1 Å². The van der Waals surface area contributed by atoms with Crippen molar-refractivity contribution in [2.45, 2.75) is 6.61 Å². The van der Waals surface area contributed by atoms with Gasteiger partial charge in [-0.15, -0.1) is 0 Å². The van der Waals surface area contributed by atoms with E-state index in [2.05, 4.69) is 0 Å². The topological polar surface area (TPSA) is 56.8 Å². The molecule has 0 aliphatic heterocycles. The molecule has 5 heteroatoms. The summed E-state index contributed by atoms with van der Waals surface area (Å²) in [5, 5.41) is 18.2. The average Bonchev–Trinajstić information content (AvgIpc) is 2.44. The van der Waals surface area contributed by atoms with Gasteiger partial charge in [-0.25, -0.2) is 4.39 Å². The van der Waals surface area contributed by atoms with E-state index in [1.807, 2.05) is 12.1 Å². The first kappa shape index (κ1) is 13.9. The van der Waals surface area contributed by atoms with Gasteiger partial charge in [0.25, 0.3) is 0 Å². The van der Waals surface area contributed by atoms with Crippen molar-refractivity contribution in [3.05, 3.63) is 63.9 Å². The molecule has 0 aliphatic carbocycles. The van der Waals surface area contributed by atoms with Crippen molar-refractivity contribution in [2.24, 2.45) is 0 Å². The highest BCUT2D eigenvalue weighted by Crippen LogP contribution is 2.24. The Balaban J connectivity index is 2.21. The Labute approximate surface area is 120 Å². The van der Waals surface area contributed by atoms with Crippen LogP contribution in [0, 0.1) is 28.5 Å². The molecule has 0 aliphatic rings. The van der Waals surface area contributed by atoms with Crippen LogP contribution in [-0.2, 0) is 6.61 Å². The molecule has 0 heterocycles. The molecule has 20 heavy (non-hydrogen) atoms. The minimum atomic E-state index is -0.505. The highest BCUT2D eigenvalue weighted by molar-refractivity contribution is 6.30. The van der Waals surface area contributed by atoms with E-state index in [4.69, 9.17) is 26.9 Å². The molecule has 0 atom stereocenters. The van der Waals surface area contributed by atoms with E-state index in [0.29, 0.717) is 21.9 Å². The zero-order valence-corrected chi connectivity index (χ0v) is 11.0. The van der Waals surface area contributed by atoms with Crippen LogP contribution >= 0.6 is 11.6 Å². The first-order valence-electron chi connectivity index (χ1n) is 5.64. The third-order valence-electron chi connectivity index (χ3n) is 2.55. The molecule has 0 N–H and O–H groups in total. The van der Waals surface area contributed by atoms with Crippen LogP contribution in [0.15, 0.2) is 36.4 Å². The zero-order valence-electron chi connectivity index (χ0n) is 10.2. The highest BCUT2D eigenvalue weighted by Gasteiger charge is 2.06. The van der Waals surface area contributed by atoms with E-state index in [-0.39, 0.29) is 12.2 Å². The lowest BCUT2D eigenvalue weighted by molar-refractivity contribution is 0.304. The van der Waals surface area contributed by atoms with Crippen molar-refractivity contribution in [3.8, 4) is 17.9 Å². The summed E-state index contributed by atoms with van der Waals surface area (Å²) >= 11 is 5.84. The number of ether oxygens (including phenoxy) is 1. The Kier molecular flexibility index (Phi) is 4.20. The third kappa shape index (κ3) is 3.26. The lowest BCUT2D eigenvalue weighted by Crippen LogP contribution is -1.98. The van der Waals surface area contributed by atoms with Gasteiger partial charge in [-0.2, -0.15) is 10.5 Å². The van der Waals surface area contributed by atoms with Crippen molar-refractivity contribution in [3.63, 3.8) is 0 Å². The molecule has 2 aromatic rings. The number of nitriles is 2. The van der Waals surface area contributed by atoms with E-state index in [0.717, 1.165) is 6.07 Å². The first-order chi connectivity index (χ1) is 9.62. The maximum Gasteiger partial charge on any atom is 0.139 e. The first-order valence-corrected chi connectivity index (χ1v) is 6.02. The lowest BCUT2D eigenvalue weighted by atomic mass is 10.1. The average molecular weight is 287 g/mol. The molecule has 0 aromatic heterocycles. The van der Waals surface area contributed by atoms with Crippen LogP contribution in [-0.4, -0.2) is 0 Å². The van der Waals surface area contributed by atoms with E-state index < -0.39 is 5.82 Å². The minimum Gasteiger partial charge on any atom is -0.487 e. The molecule has 0 spiro atoms. The molecule has 0 unspecified atom stereocenters. The second-order valence-electron chi connectivity index (χ2n) is 4.00. The molecular formula is C15H8ClFN2O. The summed E-state index contributed by atoms with van der Waals surface area (Å²) in [4.78, 5) is 0. The summed E-state index contributed by atoms with van der Waals surface area (Å²) in [6.07, 6.45) is 0. The summed E-state index contributed by atoms with van der Waals surface area (Å²) in [5.41, 5.74) is 1.06. The molecular weight excluding hydrogens is 279 g/mol. The molecule has 0 saturated heterocycles. The van der Waals surface area contributed by atoms with Gasteiger partial charge in [0.15, 0.2) is 0 Å². The summed E-state index contributed by atoms with van der Waals surface area (Å²) in [6, 6.07) is 12.4. The van der Waals surface area contributed by atoms with E-state index >= 15 is 0 Å². The highest BCUT2D eigenvalue weighted by atomic mass is 35.5. The minimum absolute atomic E-state index is 0.0431. The molecule has 0 bridgehead atoms. The van der Waals surface area contributed by atoms with Crippen LogP contribution in [0.2, 0.25) is 5.02 Å². The quantitative estimate of drug-likeness (QED) is 0.862. The Morgan fingerprint density at radius 2 is 1.90 bits per heavy atom. The van der Waals surface area contributed by atoms with Crippen molar-refractivity contribution in [1.29, 1.82) is 10.5 Å². The van der Waals surface area contributed by atoms with Crippen LogP contribution < -0.4 is 4.74 Å². The molecule has 2 aromatic carbocycles. The Morgan fingerprint density at radius 3 is 2.60 bits per heavy atom. The van der Waals surface area contributed by atoms with Gasteiger partial charge in [-0.05, 0) is 35.9 Å². The summed E-state index contributed by atoms with van der Waals surface area (Å²) in [7, 11) is 0. The number of halogens is 2. The SMILES string of the molecule is N#Cc1cc(F)cc(COc2cc(Cl)ccc2C#N)c1. The fraction of sp³-hybridized carbons (Fsp3) is 0.0667. The van der Waals surface area contributed by atoms with Crippen LogP contribution in [0.3, 0.4) is 0 Å². The molecule has 0 amide bonds. The second kappa shape index (κ2) is 6.06. The van der Waals surface area contributed by atoms with Crippen LogP contribution in [0.1, 0.15) is 16.7 Å². The van der Waals surface area contributed by atoms with Gasteiger partial charge in [0.2, 0.25) is 0 Å². The van der Waals surface area contributed by atoms with Crippen molar-refractivity contribution >= 4 is 11.6 Å². The predicted octanol–water partition coefficient (Wildman–Crippen LogP) is 3.80. The Bertz CT molecular complexity index is 732. The van der Waals surface area contributed by atoms with E-state index in [9.17, 15) is 4.39 Å². The summed E-state index contributed by atoms with van der Waals surface area (Å²) in [5.74, 6) is -0.183. The largest absolute Gasteiger partial charge is 0.487 e. The normalized spacial score (nSPS) is 9.60. The fourth-order valence-corrected chi connectivity index (χ4v) is 1.83. The van der Waals surface area contributed by atoms with Gasteiger partial charge in [0.1, 0.15) is 24.2 Å². The summed E-state index contributed by atoms with van der Waals surface area (Å²) < 4.78 is 18.7. The summed E-state index contributed by atoms with van der Waals surface area (Å²) in [6.45, 7) is 0.0431. The fourth-order valence-electron chi connectivity index (χ4n) is 1.67. The smallest absolute Gasteiger partial charge is 0.139 e. The predicted molar refractivity (Wildman–Crippen MR) is 71.6 cm³/mol. The van der Waals surface area contributed by atoms with Crippen molar-refractivity contribution in [2.75, 3.05) is 0 Å². The standard InChI is InChI=1S/C15H8ClFN2O/c16-13-2-1-12(8-19)15(6-13)20-9-11-3-10(7-18)4-14(17)5-11/h1-6H,9H2. The maximum atomic E-state index is 13.3.